The van der Waals surface area contributed by atoms with Crippen LogP contribution in [0, 0.1) is 0 Å². The number of amides is 1. The first-order chi connectivity index (χ1) is 18.2. The topological polar surface area (TPSA) is 96.7 Å². The molecule has 2 heterocycles. The Balaban J connectivity index is 1.32. The van der Waals surface area contributed by atoms with Crippen LogP contribution in [0.4, 0.5) is 5.69 Å². The molecule has 0 unspecified atom stereocenters. The van der Waals surface area contributed by atoms with Crippen molar-refractivity contribution in [2.45, 2.75) is 11.8 Å². The maximum Gasteiger partial charge on any atom is 0.336 e. The van der Waals surface area contributed by atoms with Crippen LogP contribution in [0.15, 0.2) is 77.7 Å². The van der Waals surface area contributed by atoms with E-state index in [1.807, 2.05) is 79.7 Å². The molecule has 0 bridgehead atoms. The molecule has 0 atom stereocenters. The first kappa shape index (κ1) is 24.7. The summed E-state index contributed by atoms with van der Waals surface area (Å²) < 4.78 is 23.7. The molecule has 190 valence electrons. The average Bonchev–Trinajstić information content (AvgIpc) is 3.58. The van der Waals surface area contributed by atoms with Crippen LogP contribution in [0.2, 0.25) is 0 Å². The van der Waals surface area contributed by atoms with E-state index in [4.69, 9.17) is 18.9 Å². The second-order valence-electron chi connectivity index (χ2n) is 7.94. The van der Waals surface area contributed by atoms with Crippen molar-refractivity contribution in [1.29, 1.82) is 0 Å². The number of ether oxygens (including phenoxy) is 4. The van der Waals surface area contributed by atoms with Crippen LogP contribution in [-0.4, -0.2) is 53.0 Å². The SMILES string of the molecule is CCOCCOc1nc(-c2ccc3c(c2)OCO3)n(-c2ccc(NC(=O)CSc3ccccc3)cc2)n1. The average molecular weight is 519 g/mol. The van der Waals surface area contributed by atoms with Crippen LogP contribution >= 0.6 is 11.8 Å². The van der Waals surface area contributed by atoms with Gasteiger partial charge >= 0.3 is 6.01 Å². The predicted molar refractivity (Wildman–Crippen MR) is 141 cm³/mol. The van der Waals surface area contributed by atoms with Crippen LogP contribution < -0.4 is 19.5 Å². The maximum absolute atomic E-state index is 12.4. The second-order valence-corrected chi connectivity index (χ2v) is 8.99. The number of nitrogens with one attached hydrogen (secondary N) is 1. The van der Waals surface area contributed by atoms with E-state index in [9.17, 15) is 4.79 Å². The lowest BCUT2D eigenvalue weighted by molar-refractivity contribution is -0.113. The van der Waals surface area contributed by atoms with E-state index >= 15 is 0 Å². The molecular weight excluding hydrogens is 492 g/mol. The lowest BCUT2D eigenvalue weighted by Crippen LogP contribution is -2.14. The number of fused-ring (bicyclic) bond motifs is 1. The summed E-state index contributed by atoms with van der Waals surface area (Å²) >= 11 is 1.49. The van der Waals surface area contributed by atoms with E-state index < -0.39 is 0 Å². The van der Waals surface area contributed by atoms with E-state index in [1.165, 1.54) is 11.8 Å². The Morgan fingerprint density at radius 3 is 2.65 bits per heavy atom. The number of anilines is 1. The number of carbonyl (C=O) groups is 1. The molecule has 0 radical (unpaired) electrons. The molecule has 1 aliphatic rings. The summed E-state index contributed by atoms with van der Waals surface area (Å²) in [5.41, 5.74) is 2.25. The van der Waals surface area contributed by atoms with Gasteiger partial charge in [0.1, 0.15) is 6.61 Å². The Hall–Kier alpha value is -4.02. The number of benzene rings is 3. The molecule has 0 spiro atoms. The summed E-state index contributed by atoms with van der Waals surface area (Å²) in [5, 5.41) is 7.50. The Morgan fingerprint density at radius 1 is 1.03 bits per heavy atom. The Kier molecular flexibility index (Phi) is 7.87. The van der Waals surface area contributed by atoms with Gasteiger partial charge in [0, 0.05) is 22.8 Å². The van der Waals surface area contributed by atoms with Gasteiger partial charge in [0.05, 0.1) is 18.0 Å². The van der Waals surface area contributed by atoms with Crippen molar-refractivity contribution in [2.75, 3.05) is 37.7 Å². The number of hydrogen-bond acceptors (Lipinski definition) is 8. The van der Waals surface area contributed by atoms with Gasteiger partial charge in [-0.05, 0) is 61.5 Å². The van der Waals surface area contributed by atoms with Crippen molar-refractivity contribution in [3.63, 3.8) is 0 Å². The first-order valence-electron chi connectivity index (χ1n) is 11.9. The molecule has 1 aliphatic heterocycles. The highest BCUT2D eigenvalue weighted by molar-refractivity contribution is 8.00. The van der Waals surface area contributed by atoms with Crippen molar-refractivity contribution in [3.8, 4) is 34.6 Å². The van der Waals surface area contributed by atoms with Crippen LogP contribution in [-0.2, 0) is 9.53 Å². The highest BCUT2D eigenvalue weighted by Crippen LogP contribution is 2.36. The molecule has 0 fully saturated rings. The number of rotatable bonds is 11. The van der Waals surface area contributed by atoms with E-state index in [1.54, 1.807) is 4.68 Å². The molecule has 0 saturated heterocycles. The minimum Gasteiger partial charge on any atom is -0.460 e. The summed E-state index contributed by atoms with van der Waals surface area (Å²) in [5.74, 6) is 2.17. The molecule has 0 aliphatic carbocycles. The normalized spacial score (nSPS) is 11.9. The third-order valence-corrected chi connectivity index (χ3v) is 6.40. The monoisotopic (exact) mass is 518 g/mol. The second kappa shape index (κ2) is 11.8. The van der Waals surface area contributed by atoms with Gasteiger partial charge in [0.2, 0.25) is 12.7 Å². The zero-order valence-electron chi connectivity index (χ0n) is 20.3. The van der Waals surface area contributed by atoms with E-state index in [2.05, 4.69) is 15.4 Å². The quantitative estimate of drug-likeness (QED) is 0.223. The number of hydrogen-bond donors (Lipinski definition) is 1. The van der Waals surface area contributed by atoms with Crippen LogP contribution in [0.1, 0.15) is 6.92 Å². The number of carbonyl (C=O) groups excluding carboxylic acids is 1. The van der Waals surface area contributed by atoms with Crippen molar-refractivity contribution in [2.24, 2.45) is 0 Å². The molecule has 4 aromatic rings. The molecule has 1 N–H and O–H groups in total. The van der Waals surface area contributed by atoms with Gasteiger partial charge in [-0.1, -0.05) is 18.2 Å². The van der Waals surface area contributed by atoms with Crippen LogP contribution in [0.5, 0.6) is 17.5 Å². The summed E-state index contributed by atoms with van der Waals surface area (Å²) in [6, 6.07) is 23.1. The van der Waals surface area contributed by atoms with Gasteiger partial charge in [-0.25, -0.2) is 4.68 Å². The van der Waals surface area contributed by atoms with Gasteiger partial charge in [-0.15, -0.1) is 16.9 Å². The van der Waals surface area contributed by atoms with Crippen molar-refractivity contribution in [1.82, 2.24) is 14.8 Å². The Morgan fingerprint density at radius 2 is 1.84 bits per heavy atom. The number of thioether (sulfide) groups is 1. The van der Waals surface area contributed by atoms with Crippen molar-refractivity contribution >= 4 is 23.4 Å². The highest BCUT2D eigenvalue weighted by atomic mass is 32.2. The van der Waals surface area contributed by atoms with Gasteiger partial charge in [-0.2, -0.15) is 4.98 Å². The van der Waals surface area contributed by atoms with Crippen molar-refractivity contribution in [3.05, 3.63) is 72.8 Å². The molecule has 1 amide bonds. The fourth-order valence-electron chi connectivity index (χ4n) is 3.64. The Labute approximate surface area is 218 Å². The first-order valence-corrected chi connectivity index (χ1v) is 12.8. The molecule has 10 heteroatoms. The van der Waals surface area contributed by atoms with Gasteiger partial charge < -0.3 is 24.3 Å². The summed E-state index contributed by atoms with van der Waals surface area (Å²) in [4.78, 5) is 18.1. The minimum atomic E-state index is -0.0756. The summed E-state index contributed by atoms with van der Waals surface area (Å²) in [7, 11) is 0. The lowest BCUT2D eigenvalue weighted by atomic mass is 10.2. The van der Waals surface area contributed by atoms with Gasteiger partial charge in [-0.3, -0.25) is 4.79 Å². The molecular formula is C27H26N4O5S. The van der Waals surface area contributed by atoms with Gasteiger partial charge in [0.25, 0.3) is 0 Å². The van der Waals surface area contributed by atoms with Crippen molar-refractivity contribution < 1.29 is 23.7 Å². The molecule has 0 saturated carbocycles. The number of aromatic nitrogens is 3. The predicted octanol–water partition coefficient (Wildman–Crippen LogP) is 4.81. The fraction of sp³-hybridized carbons (Fsp3) is 0.222. The van der Waals surface area contributed by atoms with Crippen LogP contribution in [0.3, 0.4) is 0 Å². The largest absolute Gasteiger partial charge is 0.460 e. The number of nitrogens with zero attached hydrogens (tertiary/aromatic N) is 3. The zero-order chi connectivity index (χ0) is 25.5. The van der Waals surface area contributed by atoms with E-state index in [-0.39, 0.29) is 18.7 Å². The Bertz CT molecular complexity index is 1340. The molecule has 37 heavy (non-hydrogen) atoms. The third kappa shape index (κ3) is 6.22. The molecule has 9 nitrogen and oxygen atoms in total. The highest BCUT2D eigenvalue weighted by Gasteiger charge is 2.19. The molecule has 5 rings (SSSR count). The smallest absolute Gasteiger partial charge is 0.336 e. The van der Waals surface area contributed by atoms with E-state index in [0.29, 0.717) is 48.6 Å². The standard InChI is InChI=1S/C27H26N4O5S/c1-2-33-14-15-34-27-29-26(19-8-13-23-24(16-19)36-18-35-23)31(30-27)21-11-9-20(10-12-21)28-25(32)17-37-22-6-4-3-5-7-22/h3-13,16H,2,14-15,17-18H2,1H3,(H,28,32). The fourth-order valence-corrected chi connectivity index (χ4v) is 4.36. The third-order valence-electron chi connectivity index (χ3n) is 5.39. The zero-order valence-corrected chi connectivity index (χ0v) is 21.1. The van der Waals surface area contributed by atoms with Crippen LogP contribution in [0.25, 0.3) is 17.1 Å². The molecule has 3 aromatic carbocycles. The summed E-state index contributed by atoms with van der Waals surface area (Å²) in [6.45, 7) is 3.51. The van der Waals surface area contributed by atoms with Gasteiger partial charge in [0.15, 0.2) is 17.3 Å². The summed E-state index contributed by atoms with van der Waals surface area (Å²) in [6.07, 6.45) is 0. The lowest BCUT2D eigenvalue weighted by Gasteiger charge is -2.09. The molecule has 1 aromatic heterocycles. The maximum atomic E-state index is 12.4. The minimum absolute atomic E-state index is 0.0756. The van der Waals surface area contributed by atoms with E-state index in [0.717, 1.165) is 16.1 Å².